The molecule has 4 rings (SSSR count). The summed E-state index contributed by atoms with van der Waals surface area (Å²) in [5, 5.41) is 2.98. The second-order valence-corrected chi connectivity index (χ2v) is 11.4. The minimum absolute atomic E-state index is 0.0577. The minimum Gasteiger partial charge on any atom is -0.462 e. The van der Waals surface area contributed by atoms with Crippen molar-refractivity contribution in [3.05, 3.63) is 47.1 Å². The maximum Gasteiger partial charge on any atom is 0.459 e. The van der Waals surface area contributed by atoms with Crippen LogP contribution in [0.25, 0.3) is 11.2 Å². The van der Waals surface area contributed by atoms with Gasteiger partial charge < -0.3 is 13.8 Å². The highest BCUT2D eigenvalue weighted by molar-refractivity contribution is 7.52. The van der Waals surface area contributed by atoms with Crippen LogP contribution in [0.5, 0.6) is 5.75 Å². The molecule has 2 heterocycles. The molecule has 3 aromatic rings. The van der Waals surface area contributed by atoms with Gasteiger partial charge in [0.15, 0.2) is 10.8 Å². The van der Waals surface area contributed by atoms with E-state index in [-0.39, 0.29) is 35.1 Å². The Morgan fingerprint density at radius 2 is 1.94 bits per heavy atom. The van der Waals surface area contributed by atoms with Crippen molar-refractivity contribution in [2.24, 2.45) is 5.92 Å². The van der Waals surface area contributed by atoms with Crippen molar-refractivity contribution in [3.8, 4) is 5.75 Å². The number of nitrogens with one attached hydrogen (secondary N) is 1. The molecule has 0 amide bonds. The molecule has 1 fully saturated rings. The largest absolute Gasteiger partial charge is 0.462 e. The highest BCUT2D eigenvalue weighted by Crippen LogP contribution is 2.47. The van der Waals surface area contributed by atoms with Crippen LogP contribution in [-0.2, 0) is 18.6 Å². The van der Waals surface area contributed by atoms with E-state index in [1.54, 1.807) is 51.4 Å². The molecule has 1 N–H and O–H groups in total. The molecule has 2 aromatic heterocycles. The SMILES string of the molecule is CC(C)OC(=O)[C@H](C)NP(=O)(OC[C@@H]1CCC(n2cnc3c(Cl)nc(Cl)nc32)C1)Oc1ccccc1. The number of fused-ring (bicyclic) bond motifs is 1. The normalized spacial score (nSPS) is 20.4. The first-order chi connectivity index (χ1) is 17.1. The smallest absolute Gasteiger partial charge is 0.459 e. The van der Waals surface area contributed by atoms with E-state index in [1.807, 2.05) is 10.6 Å². The fourth-order valence-corrected chi connectivity index (χ4v) is 6.10. The predicted molar refractivity (Wildman–Crippen MR) is 136 cm³/mol. The molecule has 0 radical (unpaired) electrons. The summed E-state index contributed by atoms with van der Waals surface area (Å²) in [5.74, 6) is -0.0919. The molecule has 13 heteroatoms. The highest BCUT2D eigenvalue weighted by Gasteiger charge is 2.35. The van der Waals surface area contributed by atoms with Gasteiger partial charge >= 0.3 is 13.7 Å². The number of hydrogen-bond acceptors (Lipinski definition) is 8. The maximum absolute atomic E-state index is 13.7. The number of aromatic nitrogens is 4. The first-order valence-electron chi connectivity index (χ1n) is 11.7. The Morgan fingerprint density at radius 3 is 2.67 bits per heavy atom. The van der Waals surface area contributed by atoms with Gasteiger partial charge in [0.1, 0.15) is 17.3 Å². The average molecular weight is 556 g/mol. The van der Waals surface area contributed by atoms with Crippen LogP contribution in [0.2, 0.25) is 10.4 Å². The Hall–Kier alpha value is -2.23. The molecule has 0 spiro atoms. The maximum atomic E-state index is 13.7. The first-order valence-corrected chi connectivity index (χ1v) is 14.0. The van der Waals surface area contributed by atoms with Crippen molar-refractivity contribution in [2.75, 3.05) is 6.61 Å². The Bertz CT molecular complexity index is 1260. The summed E-state index contributed by atoms with van der Waals surface area (Å²) >= 11 is 12.1. The van der Waals surface area contributed by atoms with Crippen LogP contribution in [0.1, 0.15) is 46.1 Å². The van der Waals surface area contributed by atoms with E-state index in [0.29, 0.717) is 16.9 Å². The summed E-state index contributed by atoms with van der Waals surface area (Å²) in [5.41, 5.74) is 1.07. The number of hydrogen-bond donors (Lipinski definition) is 1. The number of carbonyl (C=O) groups is 1. The van der Waals surface area contributed by atoms with Gasteiger partial charge in [-0.15, -0.1) is 0 Å². The summed E-state index contributed by atoms with van der Waals surface area (Å²) in [4.78, 5) is 24.9. The number of carbonyl (C=O) groups excluding carboxylic acids is 1. The molecule has 1 saturated carbocycles. The van der Waals surface area contributed by atoms with Crippen molar-refractivity contribution in [1.29, 1.82) is 0 Å². The number of ether oxygens (including phenoxy) is 1. The Labute approximate surface area is 219 Å². The number of rotatable bonds is 10. The van der Waals surface area contributed by atoms with Gasteiger partial charge in [-0.05, 0) is 69.7 Å². The summed E-state index contributed by atoms with van der Waals surface area (Å²) < 4.78 is 32.4. The zero-order valence-corrected chi connectivity index (χ0v) is 22.5. The number of nitrogens with zero attached hydrogens (tertiary/aromatic N) is 4. The molecule has 194 valence electrons. The highest BCUT2D eigenvalue weighted by atomic mass is 35.5. The number of benzene rings is 1. The molecule has 4 atom stereocenters. The zero-order chi connectivity index (χ0) is 25.9. The molecule has 1 aliphatic rings. The first kappa shape index (κ1) is 26.8. The third-order valence-electron chi connectivity index (χ3n) is 5.76. The predicted octanol–water partition coefficient (Wildman–Crippen LogP) is 5.61. The lowest BCUT2D eigenvalue weighted by Crippen LogP contribution is -2.36. The molecule has 0 bridgehead atoms. The van der Waals surface area contributed by atoms with E-state index < -0.39 is 19.8 Å². The van der Waals surface area contributed by atoms with Crippen LogP contribution < -0.4 is 9.61 Å². The molecule has 1 aliphatic carbocycles. The third kappa shape index (κ3) is 6.55. The van der Waals surface area contributed by atoms with E-state index in [0.717, 1.165) is 19.3 Å². The standard InChI is InChI=1S/C23H28Cl2N5O5P/c1-14(2)34-22(31)15(3)29-36(32,35-18-7-5-4-6-8-18)33-12-16-9-10-17(11-16)30-13-26-19-20(24)27-23(25)28-21(19)30/h4-8,13-17H,9-12H2,1-3H3,(H,29,32)/t15-,16+,17?,36?/m0/s1. The molecule has 36 heavy (non-hydrogen) atoms. The van der Waals surface area contributed by atoms with Crippen molar-refractivity contribution >= 4 is 48.1 Å². The van der Waals surface area contributed by atoms with Gasteiger partial charge in [-0.2, -0.15) is 10.1 Å². The fourth-order valence-electron chi connectivity index (χ4n) is 4.11. The van der Waals surface area contributed by atoms with E-state index in [4.69, 9.17) is 37.0 Å². The molecule has 0 saturated heterocycles. The molecule has 10 nitrogen and oxygen atoms in total. The lowest BCUT2D eigenvalue weighted by atomic mass is 10.1. The van der Waals surface area contributed by atoms with Gasteiger partial charge in [0.2, 0.25) is 5.28 Å². The summed E-state index contributed by atoms with van der Waals surface area (Å²) in [6.07, 6.45) is 3.78. The summed E-state index contributed by atoms with van der Waals surface area (Å²) in [6.45, 7) is 5.22. The van der Waals surface area contributed by atoms with Gasteiger partial charge in [0, 0.05) is 6.04 Å². The molecule has 0 aliphatic heterocycles. The number of imidazole rings is 1. The monoisotopic (exact) mass is 555 g/mol. The number of esters is 1. The third-order valence-corrected chi connectivity index (χ3v) is 7.84. The Balaban J connectivity index is 1.44. The van der Waals surface area contributed by atoms with Gasteiger partial charge in [-0.3, -0.25) is 9.32 Å². The minimum atomic E-state index is -3.90. The van der Waals surface area contributed by atoms with Crippen molar-refractivity contribution in [1.82, 2.24) is 24.6 Å². The van der Waals surface area contributed by atoms with Gasteiger partial charge in [0.05, 0.1) is 19.0 Å². The Morgan fingerprint density at radius 1 is 1.19 bits per heavy atom. The van der Waals surface area contributed by atoms with Crippen LogP contribution in [0, 0.1) is 5.92 Å². The van der Waals surface area contributed by atoms with E-state index in [2.05, 4.69) is 20.0 Å². The van der Waals surface area contributed by atoms with Crippen LogP contribution in [0.3, 0.4) is 0 Å². The average Bonchev–Trinajstić information content (AvgIpc) is 3.45. The van der Waals surface area contributed by atoms with Crippen LogP contribution in [0.15, 0.2) is 36.7 Å². The van der Waals surface area contributed by atoms with Crippen molar-refractivity contribution < 1.29 is 23.1 Å². The summed E-state index contributed by atoms with van der Waals surface area (Å²) in [7, 11) is -3.90. The quantitative estimate of drug-likeness (QED) is 0.147. The van der Waals surface area contributed by atoms with Crippen molar-refractivity contribution in [3.63, 3.8) is 0 Å². The fraction of sp³-hybridized carbons (Fsp3) is 0.478. The molecule has 1 aromatic carbocycles. The van der Waals surface area contributed by atoms with Gasteiger partial charge in [-0.1, -0.05) is 29.8 Å². The zero-order valence-electron chi connectivity index (χ0n) is 20.1. The van der Waals surface area contributed by atoms with Crippen LogP contribution >= 0.6 is 30.9 Å². The molecular weight excluding hydrogens is 528 g/mol. The molecule has 2 unspecified atom stereocenters. The Kier molecular flexibility index (Phi) is 8.52. The lowest BCUT2D eigenvalue weighted by Gasteiger charge is -2.24. The molecular formula is C23H28Cl2N5O5P. The topological polar surface area (TPSA) is 117 Å². The van der Waals surface area contributed by atoms with E-state index >= 15 is 0 Å². The summed E-state index contributed by atoms with van der Waals surface area (Å²) in [6, 6.07) is 7.87. The van der Waals surface area contributed by atoms with Crippen molar-refractivity contribution in [2.45, 2.75) is 58.2 Å². The second-order valence-electron chi connectivity index (χ2n) is 8.97. The van der Waals surface area contributed by atoms with Gasteiger partial charge in [-0.25, -0.2) is 14.5 Å². The second kappa shape index (κ2) is 11.4. The van der Waals surface area contributed by atoms with Gasteiger partial charge in [0.25, 0.3) is 0 Å². The van der Waals surface area contributed by atoms with E-state index in [1.165, 1.54) is 0 Å². The van der Waals surface area contributed by atoms with Crippen LogP contribution in [-0.4, -0.2) is 44.2 Å². The number of para-hydroxylation sites is 1. The van der Waals surface area contributed by atoms with E-state index in [9.17, 15) is 9.36 Å². The lowest BCUT2D eigenvalue weighted by molar-refractivity contribution is -0.149. The number of halogens is 2. The van der Waals surface area contributed by atoms with Crippen LogP contribution in [0.4, 0.5) is 0 Å².